The average molecular weight is 410 g/mol. The lowest BCUT2D eigenvalue weighted by Gasteiger charge is -2.25. The summed E-state index contributed by atoms with van der Waals surface area (Å²) in [6.45, 7) is 5.69. The molecule has 6 nitrogen and oxygen atoms in total. The van der Waals surface area contributed by atoms with E-state index in [1.807, 2.05) is 0 Å². The molecule has 1 aliphatic rings. The molecule has 1 aromatic rings. The maximum atomic E-state index is 13.5. The lowest BCUT2D eigenvalue weighted by Crippen LogP contribution is -2.44. The predicted molar refractivity (Wildman–Crippen MR) is 107 cm³/mol. The number of nitrogens with one attached hydrogen (secondary N) is 1. The molecule has 0 radical (unpaired) electrons. The molecule has 0 amide bonds. The van der Waals surface area contributed by atoms with Crippen LogP contribution in [0.1, 0.15) is 30.9 Å². The van der Waals surface area contributed by atoms with Crippen LogP contribution in [0.4, 0.5) is 13.2 Å². The molecule has 158 valence electrons. The van der Waals surface area contributed by atoms with E-state index in [1.54, 1.807) is 17.9 Å². The summed E-state index contributed by atoms with van der Waals surface area (Å²) in [7, 11) is 1.44. The standard InChI is InChI=1S/C20H25F3N4O2/c1-4-11-29-17-9-8-13(12-14(17)20(21,22)23)15(5-2)26-18(28-3)16-7-6-10-27(16)19(24)25/h4-5,8-9,12,16H,1,6-7,10-11H2,2-3H3,(H3,24,25)/b15-5-,26-18?. The molecule has 1 heterocycles. The van der Waals surface area contributed by atoms with E-state index in [0.29, 0.717) is 24.6 Å². The topological polar surface area (TPSA) is 83.9 Å². The predicted octanol–water partition coefficient (Wildman–Crippen LogP) is 4.03. The first-order valence-corrected chi connectivity index (χ1v) is 9.07. The van der Waals surface area contributed by atoms with Crippen LogP contribution in [0.25, 0.3) is 5.70 Å². The Bertz CT molecular complexity index is 818. The third kappa shape index (κ3) is 5.30. The second-order valence-corrected chi connectivity index (χ2v) is 6.37. The minimum Gasteiger partial charge on any atom is -0.489 e. The van der Waals surface area contributed by atoms with Gasteiger partial charge in [0.15, 0.2) is 5.96 Å². The number of ether oxygens (including phenoxy) is 2. The molecule has 1 fully saturated rings. The first-order valence-electron chi connectivity index (χ1n) is 9.07. The summed E-state index contributed by atoms with van der Waals surface area (Å²) in [5, 5.41) is 7.69. The van der Waals surface area contributed by atoms with Gasteiger partial charge in [0.2, 0.25) is 5.90 Å². The fourth-order valence-corrected chi connectivity index (χ4v) is 3.17. The number of rotatable bonds is 6. The molecule has 2 rings (SSSR count). The molecule has 0 aromatic heterocycles. The van der Waals surface area contributed by atoms with Gasteiger partial charge in [-0.05, 0) is 38.0 Å². The van der Waals surface area contributed by atoms with E-state index in [2.05, 4.69) is 11.6 Å². The maximum absolute atomic E-state index is 13.5. The molecule has 0 spiro atoms. The van der Waals surface area contributed by atoms with Crippen molar-refractivity contribution < 1.29 is 22.6 Å². The molecule has 0 saturated carbocycles. The van der Waals surface area contributed by atoms with Crippen molar-refractivity contribution in [3.05, 3.63) is 48.1 Å². The Balaban J connectivity index is 2.43. The molecule has 29 heavy (non-hydrogen) atoms. The zero-order chi connectivity index (χ0) is 21.6. The van der Waals surface area contributed by atoms with E-state index >= 15 is 0 Å². The van der Waals surface area contributed by atoms with Crippen LogP contribution < -0.4 is 10.5 Å². The summed E-state index contributed by atoms with van der Waals surface area (Å²) in [6.07, 6.45) is -0.110. The van der Waals surface area contributed by atoms with Crippen LogP contribution in [0.3, 0.4) is 0 Å². The number of methoxy groups -OCH3 is 1. The van der Waals surface area contributed by atoms with Crippen molar-refractivity contribution in [2.75, 3.05) is 20.3 Å². The van der Waals surface area contributed by atoms with Crippen molar-refractivity contribution in [3.63, 3.8) is 0 Å². The van der Waals surface area contributed by atoms with Crippen LogP contribution in [0.15, 0.2) is 41.9 Å². The van der Waals surface area contributed by atoms with Gasteiger partial charge in [-0.2, -0.15) is 13.2 Å². The second-order valence-electron chi connectivity index (χ2n) is 6.37. The van der Waals surface area contributed by atoms with Crippen molar-refractivity contribution >= 4 is 17.6 Å². The average Bonchev–Trinajstić information content (AvgIpc) is 3.16. The number of halogens is 3. The third-order valence-corrected chi connectivity index (χ3v) is 4.50. The molecule has 1 unspecified atom stereocenters. The zero-order valence-electron chi connectivity index (χ0n) is 16.4. The monoisotopic (exact) mass is 410 g/mol. The molecular weight excluding hydrogens is 385 g/mol. The van der Waals surface area contributed by atoms with E-state index < -0.39 is 11.7 Å². The highest BCUT2D eigenvalue weighted by Gasteiger charge is 2.35. The van der Waals surface area contributed by atoms with Gasteiger partial charge in [0.25, 0.3) is 0 Å². The molecule has 9 heteroatoms. The third-order valence-electron chi connectivity index (χ3n) is 4.50. The summed E-state index contributed by atoms with van der Waals surface area (Å²) >= 11 is 0. The van der Waals surface area contributed by atoms with Gasteiger partial charge in [-0.1, -0.05) is 18.7 Å². The van der Waals surface area contributed by atoms with Crippen LogP contribution in [-0.4, -0.2) is 43.1 Å². The molecule has 0 bridgehead atoms. The Morgan fingerprint density at radius 3 is 2.72 bits per heavy atom. The molecular formula is C20H25F3N4O2. The molecule has 1 aliphatic heterocycles. The van der Waals surface area contributed by atoms with Gasteiger partial charge >= 0.3 is 6.18 Å². The van der Waals surface area contributed by atoms with Gasteiger partial charge in [0.1, 0.15) is 18.4 Å². The zero-order valence-corrected chi connectivity index (χ0v) is 16.4. The molecule has 3 N–H and O–H groups in total. The van der Waals surface area contributed by atoms with Crippen molar-refractivity contribution in [1.82, 2.24) is 4.90 Å². The molecule has 1 aromatic carbocycles. The summed E-state index contributed by atoms with van der Waals surface area (Å²) < 4.78 is 51.1. The van der Waals surface area contributed by atoms with Crippen LogP contribution in [-0.2, 0) is 10.9 Å². The van der Waals surface area contributed by atoms with Gasteiger partial charge in [-0.15, -0.1) is 0 Å². The molecule has 1 saturated heterocycles. The summed E-state index contributed by atoms with van der Waals surface area (Å²) in [5.74, 6) is -0.0696. The van der Waals surface area contributed by atoms with E-state index in [4.69, 9.17) is 20.6 Å². The fraction of sp³-hybridized carbons (Fsp3) is 0.400. The first-order chi connectivity index (χ1) is 13.7. The smallest absolute Gasteiger partial charge is 0.419 e. The minimum absolute atomic E-state index is 0.0343. The van der Waals surface area contributed by atoms with Crippen LogP contribution >= 0.6 is 0 Å². The molecule has 1 atom stereocenters. The molecule has 0 aliphatic carbocycles. The minimum atomic E-state index is -4.59. The van der Waals surface area contributed by atoms with Crippen molar-refractivity contribution in [2.45, 2.75) is 32.0 Å². The number of allylic oxidation sites excluding steroid dienone is 1. The second kappa shape index (κ2) is 9.49. The normalized spacial score (nSPS) is 18.0. The Morgan fingerprint density at radius 1 is 1.45 bits per heavy atom. The Labute approximate surface area is 168 Å². The van der Waals surface area contributed by atoms with Crippen molar-refractivity contribution in [1.29, 1.82) is 5.41 Å². The van der Waals surface area contributed by atoms with Gasteiger partial charge < -0.3 is 20.1 Å². The van der Waals surface area contributed by atoms with Crippen molar-refractivity contribution in [3.8, 4) is 5.75 Å². The van der Waals surface area contributed by atoms with E-state index in [1.165, 1.54) is 25.3 Å². The first kappa shape index (κ1) is 22.3. The maximum Gasteiger partial charge on any atom is 0.419 e. The number of guanidine groups is 1. The van der Waals surface area contributed by atoms with Crippen LogP contribution in [0, 0.1) is 5.41 Å². The number of aliphatic imine (C=N–C) groups is 1. The number of nitrogens with two attached hydrogens (primary N) is 1. The largest absolute Gasteiger partial charge is 0.489 e. The van der Waals surface area contributed by atoms with Gasteiger partial charge in [-0.25, -0.2) is 4.99 Å². The van der Waals surface area contributed by atoms with E-state index in [9.17, 15) is 13.2 Å². The summed E-state index contributed by atoms with van der Waals surface area (Å²) in [6, 6.07) is 3.45. The lowest BCUT2D eigenvalue weighted by molar-refractivity contribution is -0.138. The number of alkyl halides is 3. The van der Waals surface area contributed by atoms with Crippen LogP contribution in [0.2, 0.25) is 0 Å². The van der Waals surface area contributed by atoms with Gasteiger partial charge in [0, 0.05) is 12.1 Å². The highest BCUT2D eigenvalue weighted by atomic mass is 19.4. The highest BCUT2D eigenvalue weighted by Crippen LogP contribution is 2.38. The number of hydrogen-bond donors (Lipinski definition) is 2. The van der Waals surface area contributed by atoms with Gasteiger partial charge in [0.05, 0.1) is 18.4 Å². The van der Waals surface area contributed by atoms with Gasteiger partial charge in [-0.3, -0.25) is 5.41 Å². The van der Waals surface area contributed by atoms with E-state index in [-0.39, 0.29) is 29.9 Å². The van der Waals surface area contributed by atoms with E-state index in [0.717, 1.165) is 12.5 Å². The Hall–Kier alpha value is -2.97. The SMILES string of the molecule is C=CCOc1ccc(/C(=C/C)N=C(OC)C2CCCN2C(=N)N)cc1C(F)(F)F. The number of nitrogens with zero attached hydrogens (tertiary/aromatic N) is 2. The van der Waals surface area contributed by atoms with Crippen molar-refractivity contribution in [2.24, 2.45) is 10.7 Å². The summed E-state index contributed by atoms with van der Waals surface area (Å²) in [4.78, 5) is 6.11. The van der Waals surface area contributed by atoms with Crippen LogP contribution in [0.5, 0.6) is 5.75 Å². The number of benzene rings is 1. The Morgan fingerprint density at radius 2 is 2.17 bits per heavy atom. The fourth-order valence-electron chi connectivity index (χ4n) is 3.17. The Kier molecular flexibility index (Phi) is 7.30. The quantitative estimate of drug-likeness (QED) is 0.421. The highest BCUT2D eigenvalue weighted by molar-refractivity contribution is 5.91. The summed E-state index contributed by atoms with van der Waals surface area (Å²) in [5.41, 5.74) is 5.31. The number of likely N-dealkylation sites (tertiary alicyclic amines) is 1. The number of hydrogen-bond acceptors (Lipinski definition) is 4. The lowest BCUT2D eigenvalue weighted by atomic mass is 10.1.